The summed E-state index contributed by atoms with van der Waals surface area (Å²) in [6.07, 6.45) is 6.68. The number of anilines is 2. The molecule has 0 bridgehead atoms. The molecule has 2 aliphatic heterocycles. The highest BCUT2D eigenvalue weighted by Gasteiger charge is 2.58. The molecule has 4 fully saturated rings. The van der Waals surface area contributed by atoms with Gasteiger partial charge in [0, 0.05) is 44.0 Å². The minimum absolute atomic E-state index is 0.387. The zero-order chi connectivity index (χ0) is 17.2. The molecule has 2 saturated heterocycles. The largest absolute Gasteiger partial charge is 0.383 e. The van der Waals surface area contributed by atoms with E-state index >= 15 is 0 Å². The lowest BCUT2D eigenvalue weighted by molar-refractivity contribution is -0.141. The van der Waals surface area contributed by atoms with Gasteiger partial charge in [0.25, 0.3) is 0 Å². The van der Waals surface area contributed by atoms with Crippen LogP contribution in [-0.4, -0.2) is 58.8 Å². The molecule has 0 atom stereocenters. The average Bonchev–Trinajstić information content (AvgIpc) is 2.38. The van der Waals surface area contributed by atoms with Crippen LogP contribution in [0.1, 0.15) is 38.2 Å². The fourth-order valence-electron chi connectivity index (χ4n) is 5.46. The molecule has 2 spiro atoms. The highest BCUT2D eigenvalue weighted by atomic mass is 15.3. The molecule has 0 unspecified atom stereocenters. The number of likely N-dealkylation sites (tertiary alicyclic amines) is 1. The number of hydrogen-bond donors (Lipinski definition) is 4. The first-order chi connectivity index (χ1) is 12.0. The number of nitrogen functional groups attached to an aromatic ring is 1. The van der Waals surface area contributed by atoms with Crippen LogP contribution in [0, 0.1) is 16.2 Å². The van der Waals surface area contributed by atoms with Gasteiger partial charge >= 0.3 is 0 Å². The third-order valence-electron chi connectivity index (χ3n) is 6.88. The molecule has 5 rings (SSSR count). The Kier molecular flexibility index (Phi) is 3.19. The monoisotopic (exact) mass is 341 g/mol. The van der Waals surface area contributed by atoms with Crippen LogP contribution < -0.4 is 16.4 Å². The van der Waals surface area contributed by atoms with Gasteiger partial charge in [0.2, 0.25) is 0 Å². The zero-order valence-corrected chi connectivity index (χ0v) is 14.8. The van der Waals surface area contributed by atoms with Crippen LogP contribution in [0.3, 0.4) is 0 Å². The normalized spacial score (nSPS) is 29.4. The van der Waals surface area contributed by atoms with Crippen molar-refractivity contribution in [1.82, 2.24) is 20.2 Å². The van der Waals surface area contributed by atoms with Gasteiger partial charge in [-0.2, -0.15) is 0 Å². The highest BCUT2D eigenvalue weighted by molar-refractivity contribution is 6.04. The molecule has 2 aliphatic carbocycles. The lowest BCUT2D eigenvalue weighted by atomic mass is 9.56. The third kappa shape index (κ3) is 2.36. The van der Waals surface area contributed by atoms with Crippen molar-refractivity contribution < 1.29 is 0 Å². The summed E-state index contributed by atoms with van der Waals surface area (Å²) in [4.78, 5) is 11.0. The lowest BCUT2D eigenvalue weighted by Gasteiger charge is -2.66. The van der Waals surface area contributed by atoms with Crippen molar-refractivity contribution in [1.29, 1.82) is 5.41 Å². The minimum Gasteiger partial charge on any atom is -0.383 e. The first kappa shape index (κ1) is 15.5. The third-order valence-corrected chi connectivity index (χ3v) is 6.88. The standard InChI is InChI=1S/C18H27N7/c1-11(19)14-15(20)22-10-23-16(14)24-12-2-18(3-12)8-25(9-18)13-4-17(5-13)6-21-7-17/h10,12-13,19,21H,2-9H2,1H3,(H3,20,22,23,24). The number of nitrogens with one attached hydrogen (secondary N) is 3. The zero-order valence-electron chi connectivity index (χ0n) is 14.8. The van der Waals surface area contributed by atoms with E-state index in [-0.39, 0.29) is 0 Å². The first-order valence-electron chi connectivity index (χ1n) is 9.35. The van der Waals surface area contributed by atoms with Crippen molar-refractivity contribution in [3.63, 3.8) is 0 Å². The molecule has 2 saturated carbocycles. The number of aromatic nitrogens is 2. The molecule has 25 heavy (non-hydrogen) atoms. The summed E-state index contributed by atoms with van der Waals surface area (Å²) in [6.45, 7) is 6.75. The molecule has 7 nitrogen and oxygen atoms in total. The summed E-state index contributed by atoms with van der Waals surface area (Å²) >= 11 is 0. The van der Waals surface area contributed by atoms with Gasteiger partial charge in [-0.15, -0.1) is 0 Å². The van der Waals surface area contributed by atoms with Crippen LogP contribution >= 0.6 is 0 Å². The van der Waals surface area contributed by atoms with Crippen LogP contribution in [-0.2, 0) is 0 Å². The SMILES string of the molecule is CC(=N)c1c(N)ncnc1NC1CC2(C1)CN(C1CC3(CNC3)C1)C2. The Morgan fingerprint density at radius 1 is 1.24 bits per heavy atom. The Bertz CT molecular complexity index is 704. The number of hydrogen-bond acceptors (Lipinski definition) is 7. The highest BCUT2D eigenvalue weighted by Crippen LogP contribution is 2.55. The topological polar surface area (TPSA) is 103 Å². The van der Waals surface area contributed by atoms with Crippen LogP contribution in [0.5, 0.6) is 0 Å². The summed E-state index contributed by atoms with van der Waals surface area (Å²) in [5.74, 6) is 1.10. The lowest BCUT2D eigenvalue weighted by Crippen LogP contribution is -2.72. The predicted molar refractivity (Wildman–Crippen MR) is 97.9 cm³/mol. The number of nitrogens with two attached hydrogens (primary N) is 1. The van der Waals surface area contributed by atoms with Crippen molar-refractivity contribution in [3.8, 4) is 0 Å². The van der Waals surface area contributed by atoms with Gasteiger partial charge < -0.3 is 21.8 Å². The quantitative estimate of drug-likeness (QED) is 0.611. The van der Waals surface area contributed by atoms with Gasteiger partial charge in [-0.05, 0) is 43.4 Å². The molecule has 3 heterocycles. The van der Waals surface area contributed by atoms with Crippen molar-refractivity contribution in [3.05, 3.63) is 11.9 Å². The maximum Gasteiger partial charge on any atom is 0.140 e. The summed E-state index contributed by atoms with van der Waals surface area (Å²) in [5.41, 5.74) is 8.17. The molecule has 0 radical (unpaired) electrons. The van der Waals surface area contributed by atoms with Gasteiger partial charge in [0.05, 0.1) is 5.56 Å². The maximum atomic E-state index is 7.90. The maximum absolute atomic E-state index is 7.90. The van der Waals surface area contributed by atoms with Crippen molar-refractivity contribution >= 4 is 17.3 Å². The molecule has 0 amide bonds. The van der Waals surface area contributed by atoms with Crippen molar-refractivity contribution in [2.75, 3.05) is 37.2 Å². The fraction of sp³-hybridized carbons (Fsp3) is 0.722. The van der Waals surface area contributed by atoms with E-state index in [1.807, 2.05) is 0 Å². The smallest absolute Gasteiger partial charge is 0.140 e. The first-order valence-corrected chi connectivity index (χ1v) is 9.35. The second-order valence-electron chi connectivity index (χ2n) is 8.93. The van der Waals surface area contributed by atoms with E-state index in [1.54, 1.807) is 6.92 Å². The van der Waals surface area contributed by atoms with E-state index in [0.29, 0.717) is 34.0 Å². The predicted octanol–water partition coefficient (Wildman–Crippen LogP) is 1.07. The van der Waals surface area contributed by atoms with Gasteiger partial charge in [-0.25, -0.2) is 9.97 Å². The van der Waals surface area contributed by atoms with Gasteiger partial charge in [-0.3, -0.25) is 4.90 Å². The Morgan fingerprint density at radius 3 is 2.56 bits per heavy atom. The molecular weight excluding hydrogens is 314 g/mol. The minimum atomic E-state index is 0.387. The van der Waals surface area contributed by atoms with Crippen molar-refractivity contribution in [2.24, 2.45) is 10.8 Å². The van der Waals surface area contributed by atoms with E-state index in [2.05, 4.69) is 25.5 Å². The summed E-state index contributed by atoms with van der Waals surface area (Å²) in [5, 5.41) is 14.8. The van der Waals surface area contributed by atoms with Gasteiger partial charge in [0.1, 0.15) is 18.0 Å². The van der Waals surface area contributed by atoms with E-state index in [0.717, 1.165) is 11.9 Å². The summed E-state index contributed by atoms with van der Waals surface area (Å²) < 4.78 is 0. The van der Waals surface area contributed by atoms with Crippen LogP contribution in [0.2, 0.25) is 0 Å². The summed E-state index contributed by atoms with van der Waals surface area (Å²) in [6, 6.07) is 1.28. The Labute approximate surface area is 148 Å². The molecular formula is C18H27N7. The van der Waals surface area contributed by atoms with Crippen LogP contribution in [0.15, 0.2) is 6.33 Å². The van der Waals surface area contributed by atoms with Crippen LogP contribution in [0.4, 0.5) is 11.6 Å². The summed E-state index contributed by atoms with van der Waals surface area (Å²) in [7, 11) is 0. The van der Waals surface area contributed by atoms with Crippen LogP contribution in [0.25, 0.3) is 0 Å². The van der Waals surface area contributed by atoms with E-state index in [1.165, 1.54) is 58.2 Å². The molecule has 5 N–H and O–H groups in total. The molecule has 0 aromatic carbocycles. The second kappa shape index (κ2) is 5.14. The Morgan fingerprint density at radius 2 is 1.96 bits per heavy atom. The molecule has 1 aromatic rings. The Hall–Kier alpha value is -1.73. The van der Waals surface area contributed by atoms with Gasteiger partial charge in [-0.1, -0.05) is 0 Å². The molecule has 1 aromatic heterocycles. The van der Waals surface area contributed by atoms with Gasteiger partial charge in [0.15, 0.2) is 0 Å². The number of rotatable bonds is 4. The number of nitrogens with zero attached hydrogens (tertiary/aromatic N) is 3. The van der Waals surface area contributed by atoms with E-state index < -0.39 is 0 Å². The molecule has 134 valence electrons. The fourth-order valence-corrected chi connectivity index (χ4v) is 5.46. The van der Waals surface area contributed by atoms with Crippen molar-refractivity contribution in [2.45, 2.75) is 44.7 Å². The average molecular weight is 341 g/mol. The second-order valence-corrected chi connectivity index (χ2v) is 8.93. The molecule has 4 aliphatic rings. The van der Waals surface area contributed by atoms with E-state index in [9.17, 15) is 0 Å². The Balaban J connectivity index is 1.14. The van der Waals surface area contributed by atoms with E-state index in [4.69, 9.17) is 11.1 Å². The molecule has 7 heteroatoms.